The molecule has 26 heavy (non-hydrogen) atoms. The fraction of sp³-hybridized carbons (Fsp3) is 1.00. The molecule has 0 aliphatic carbocycles. The van der Waals surface area contributed by atoms with Gasteiger partial charge in [0.25, 0.3) is 0 Å². The molecule has 3 rings (SSSR count). The van der Waals surface area contributed by atoms with Crippen molar-refractivity contribution in [3.05, 3.63) is 0 Å². The van der Waals surface area contributed by atoms with Crippen molar-refractivity contribution < 1.29 is 9.47 Å². The van der Waals surface area contributed by atoms with Crippen LogP contribution in [-0.4, -0.2) is 128 Å². The number of fused-ring (bicyclic) bond motifs is 21. The van der Waals surface area contributed by atoms with E-state index in [1.807, 2.05) is 0 Å². The van der Waals surface area contributed by atoms with Gasteiger partial charge in [0.2, 0.25) is 0 Å². The summed E-state index contributed by atoms with van der Waals surface area (Å²) < 4.78 is 11.5. The Hall–Kier alpha value is -0.320. The van der Waals surface area contributed by atoms with Gasteiger partial charge in [0.05, 0.1) is 26.4 Å². The van der Waals surface area contributed by atoms with Gasteiger partial charge in [0.15, 0.2) is 0 Å². The fourth-order valence-electron chi connectivity index (χ4n) is 3.18. The van der Waals surface area contributed by atoms with E-state index in [9.17, 15) is 0 Å². The molecule has 0 spiro atoms. The van der Waals surface area contributed by atoms with Crippen molar-refractivity contribution in [1.82, 2.24) is 31.1 Å². The SMILES string of the molecule is C1CNCCN2CCNCCNCCN(CCN1)CCOCCOCC2. The lowest BCUT2D eigenvalue weighted by Gasteiger charge is -2.25. The van der Waals surface area contributed by atoms with Crippen LogP contribution in [0.25, 0.3) is 0 Å². The molecule has 0 unspecified atom stereocenters. The largest absolute Gasteiger partial charge is 0.378 e. The average Bonchev–Trinajstić information content (AvgIpc) is 2.65. The lowest BCUT2D eigenvalue weighted by molar-refractivity contribution is 0.0312. The first kappa shape index (κ1) is 22.0. The van der Waals surface area contributed by atoms with Crippen LogP contribution in [0.1, 0.15) is 0 Å². The third-order valence-electron chi connectivity index (χ3n) is 4.85. The molecule has 0 atom stereocenters. The summed E-state index contributed by atoms with van der Waals surface area (Å²) in [5.74, 6) is 0. The van der Waals surface area contributed by atoms with E-state index in [4.69, 9.17) is 9.47 Å². The molecule has 0 aromatic heterocycles. The van der Waals surface area contributed by atoms with Crippen LogP contribution >= 0.6 is 0 Å². The van der Waals surface area contributed by atoms with E-state index in [1.165, 1.54) is 0 Å². The molecular weight excluding hydrogens is 332 g/mol. The molecule has 0 aromatic carbocycles. The predicted molar refractivity (Wildman–Crippen MR) is 106 cm³/mol. The zero-order valence-electron chi connectivity index (χ0n) is 16.4. The molecule has 3 fully saturated rings. The van der Waals surface area contributed by atoms with Gasteiger partial charge in [-0.2, -0.15) is 0 Å². The van der Waals surface area contributed by atoms with Crippen LogP contribution in [-0.2, 0) is 9.47 Å². The van der Waals surface area contributed by atoms with Crippen LogP contribution in [0.5, 0.6) is 0 Å². The molecule has 0 amide bonds. The Kier molecular flexibility index (Phi) is 13.3. The van der Waals surface area contributed by atoms with Crippen molar-refractivity contribution in [1.29, 1.82) is 0 Å². The first-order chi connectivity index (χ1) is 12.9. The van der Waals surface area contributed by atoms with Crippen LogP contribution in [0.2, 0.25) is 0 Å². The molecule has 3 saturated heterocycles. The summed E-state index contributed by atoms with van der Waals surface area (Å²) in [6, 6.07) is 0. The number of nitrogens with zero attached hydrogens (tertiary/aromatic N) is 2. The minimum absolute atomic E-state index is 0.688. The third kappa shape index (κ3) is 11.4. The molecule has 8 nitrogen and oxygen atoms in total. The third-order valence-corrected chi connectivity index (χ3v) is 4.85. The molecule has 8 heteroatoms. The van der Waals surface area contributed by atoms with Crippen molar-refractivity contribution in [3.63, 3.8) is 0 Å². The van der Waals surface area contributed by atoms with E-state index in [1.54, 1.807) is 0 Å². The van der Waals surface area contributed by atoms with E-state index in [0.29, 0.717) is 13.2 Å². The van der Waals surface area contributed by atoms with E-state index >= 15 is 0 Å². The lowest BCUT2D eigenvalue weighted by Crippen LogP contribution is -2.43. The summed E-state index contributed by atoms with van der Waals surface area (Å²) in [7, 11) is 0. The highest BCUT2D eigenvalue weighted by Crippen LogP contribution is 1.91. The topological polar surface area (TPSA) is 73.1 Å². The zero-order valence-corrected chi connectivity index (χ0v) is 16.4. The summed E-state index contributed by atoms with van der Waals surface area (Å²) in [4.78, 5) is 4.96. The maximum atomic E-state index is 5.76. The van der Waals surface area contributed by atoms with Gasteiger partial charge in [-0.1, -0.05) is 0 Å². The van der Waals surface area contributed by atoms with E-state index < -0.39 is 0 Å². The van der Waals surface area contributed by atoms with Gasteiger partial charge < -0.3 is 30.7 Å². The van der Waals surface area contributed by atoms with Crippen molar-refractivity contribution in [2.75, 3.05) is 118 Å². The fourth-order valence-corrected chi connectivity index (χ4v) is 3.18. The van der Waals surface area contributed by atoms with Crippen molar-refractivity contribution in [2.24, 2.45) is 0 Å². The molecule has 154 valence electrons. The average molecular weight is 373 g/mol. The number of hydrogen-bond acceptors (Lipinski definition) is 8. The molecular formula is C18H40N6O2. The van der Waals surface area contributed by atoms with Crippen LogP contribution in [0.15, 0.2) is 0 Å². The van der Waals surface area contributed by atoms with Gasteiger partial charge in [-0.3, -0.25) is 9.80 Å². The highest BCUT2D eigenvalue weighted by atomic mass is 16.5. The van der Waals surface area contributed by atoms with Crippen molar-refractivity contribution in [2.45, 2.75) is 0 Å². The van der Waals surface area contributed by atoms with E-state index in [0.717, 1.165) is 105 Å². The second-order valence-corrected chi connectivity index (χ2v) is 6.91. The van der Waals surface area contributed by atoms with E-state index in [2.05, 4.69) is 31.1 Å². The molecule has 0 radical (unpaired) electrons. The van der Waals surface area contributed by atoms with Gasteiger partial charge in [-0.05, 0) is 0 Å². The smallest absolute Gasteiger partial charge is 0.0701 e. The van der Waals surface area contributed by atoms with Crippen molar-refractivity contribution in [3.8, 4) is 0 Å². The van der Waals surface area contributed by atoms with E-state index in [-0.39, 0.29) is 0 Å². The van der Waals surface area contributed by atoms with Gasteiger partial charge >= 0.3 is 0 Å². The summed E-state index contributed by atoms with van der Waals surface area (Å²) >= 11 is 0. The molecule has 3 aliphatic heterocycles. The summed E-state index contributed by atoms with van der Waals surface area (Å²) in [6.07, 6.45) is 0. The quantitative estimate of drug-likeness (QED) is 0.390. The Balaban J connectivity index is 1.87. The summed E-state index contributed by atoms with van der Waals surface area (Å²) in [5, 5.41) is 14.2. The van der Waals surface area contributed by atoms with Gasteiger partial charge in [-0.15, -0.1) is 0 Å². The van der Waals surface area contributed by atoms with Gasteiger partial charge in [0, 0.05) is 91.6 Å². The minimum atomic E-state index is 0.688. The molecule has 3 aliphatic rings. The van der Waals surface area contributed by atoms with Gasteiger partial charge in [0.1, 0.15) is 0 Å². The number of nitrogens with one attached hydrogen (secondary N) is 4. The highest BCUT2D eigenvalue weighted by Gasteiger charge is 2.07. The Morgan fingerprint density at radius 1 is 0.385 bits per heavy atom. The summed E-state index contributed by atoms with van der Waals surface area (Å²) in [6.45, 7) is 17.3. The van der Waals surface area contributed by atoms with Crippen LogP contribution in [0.4, 0.5) is 0 Å². The highest BCUT2D eigenvalue weighted by molar-refractivity contribution is 4.66. The van der Waals surface area contributed by atoms with Crippen molar-refractivity contribution >= 4 is 0 Å². The number of rotatable bonds is 0. The Bertz CT molecular complexity index is 247. The molecule has 0 saturated carbocycles. The van der Waals surface area contributed by atoms with Crippen LogP contribution in [0.3, 0.4) is 0 Å². The Labute approximate surface area is 159 Å². The number of ether oxygens (including phenoxy) is 2. The monoisotopic (exact) mass is 372 g/mol. The first-order valence-corrected chi connectivity index (χ1v) is 10.4. The standard InChI is InChI=1S/C18H40N6O2/c1-2-20-6-10-24-12-8-22-4-3-21-7-11-23(9-5-19-1)13-15-25-17-18-26-16-14-24/h19-22H,1-18H2. The molecule has 3 heterocycles. The zero-order chi connectivity index (χ0) is 18.1. The Morgan fingerprint density at radius 3 is 1.08 bits per heavy atom. The lowest BCUT2D eigenvalue weighted by atomic mass is 10.4. The second kappa shape index (κ2) is 15.7. The molecule has 2 bridgehead atoms. The normalized spacial score (nSPS) is 30.5. The Morgan fingerprint density at radius 2 is 0.731 bits per heavy atom. The number of hydrogen-bond donors (Lipinski definition) is 4. The predicted octanol–water partition coefficient (Wildman–Crippen LogP) is -1.99. The van der Waals surface area contributed by atoms with Gasteiger partial charge in [-0.25, -0.2) is 0 Å². The minimum Gasteiger partial charge on any atom is -0.378 e. The first-order valence-electron chi connectivity index (χ1n) is 10.4. The summed E-state index contributed by atoms with van der Waals surface area (Å²) in [5.41, 5.74) is 0. The van der Waals surface area contributed by atoms with Crippen LogP contribution < -0.4 is 21.3 Å². The maximum absolute atomic E-state index is 5.76. The molecule has 0 aromatic rings. The van der Waals surface area contributed by atoms with Crippen LogP contribution in [0, 0.1) is 0 Å². The maximum Gasteiger partial charge on any atom is 0.0701 e. The molecule has 4 N–H and O–H groups in total. The second-order valence-electron chi connectivity index (χ2n) is 6.91.